The van der Waals surface area contributed by atoms with Gasteiger partial charge in [-0.2, -0.15) is 13.0 Å². The molecule has 0 amide bonds. The van der Waals surface area contributed by atoms with Crippen molar-refractivity contribution in [2.45, 2.75) is 13.0 Å². The molecule has 1 aliphatic heterocycles. The van der Waals surface area contributed by atoms with Crippen LogP contribution in [-0.4, -0.2) is 53.5 Å². The van der Waals surface area contributed by atoms with Gasteiger partial charge in [-0.25, -0.2) is 4.79 Å². The third-order valence-corrected chi connectivity index (χ3v) is 7.20. The summed E-state index contributed by atoms with van der Waals surface area (Å²) in [5.74, 6) is -0.349. The molecule has 2 aromatic rings. The zero-order chi connectivity index (χ0) is 19.6. The number of thioether (sulfide) groups is 1. The number of hydrogen-bond donors (Lipinski definition) is 2. The van der Waals surface area contributed by atoms with Crippen molar-refractivity contribution in [3.05, 3.63) is 33.3 Å². The number of benzene rings is 1. The number of aliphatic carboxylic acids is 1. The molecule has 0 saturated carbocycles. The van der Waals surface area contributed by atoms with Gasteiger partial charge in [0.2, 0.25) is 12.1 Å². The van der Waals surface area contributed by atoms with E-state index in [2.05, 4.69) is 4.90 Å². The summed E-state index contributed by atoms with van der Waals surface area (Å²) in [6.07, 6.45) is 2.26. The van der Waals surface area contributed by atoms with Gasteiger partial charge in [0.05, 0.1) is 16.9 Å². The molecule has 0 bridgehead atoms. The number of aromatic nitrogens is 1. The summed E-state index contributed by atoms with van der Waals surface area (Å²) in [4.78, 5) is 13.4. The van der Waals surface area contributed by atoms with E-state index in [1.165, 1.54) is 11.3 Å². The van der Waals surface area contributed by atoms with E-state index >= 15 is 0 Å². The summed E-state index contributed by atoms with van der Waals surface area (Å²) in [5, 5.41) is 11.6. The summed E-state index contributed by atoms with van der Waals surface area (Å²) >= 11 is 9.19. The molecule has 1 fully saturated rings. The highest BCUT2D eigenvalue weighted by Gasteiger charge is 2.25. The van der Waals surface area contributed by atoms with Gasteiger partial charge in [-0.05, 0) is 18.6 Å². The van der Waals surface area contributed by atoms with Crippen LogP contribution in [0.15, 0.2) is 23.2 Å². The molecule has 0 spiro atoms. The standard InChI is InChI=1S/C16H17ClN2O5S3/c17-11-2-3-13-12(8-11)19(10-16(20)21)15(26-13)9-14-18(5-6-25-14)4-1-7-27(22,23)24/h2-3,8-9H,1,4-7,10H2,(H-,20,21,22,23,24)/p+1. The highest BCUT2D eigenvalue weighted by atomic mass is 35.5. The van der Waals surface area contributed by atoms with E-state index in [0.29, 0.717) is 18.0 Å². The summed E-state index contributed by atoms with van der Waals surface area (Å²) in [6, 6.07) is 5.40. The predicted octanol–water partition coefficient (Wildman–Crippen LogP) is 2.55. The van der Waals surface area contributed by atoms with Crippen molar-refractivity contribution >= 4 is 67.1 Å². The number of carbonyl (C=O) groups is 1. The lowest BCUT2D eigenvalue weighted by molar-refractivity contribution is -0.657. The van der Waals surface area contributed by atoms with Gasteiger partial charge in [-0.3, -0.25) is 4.55 Å². The summed E-state index contributed by atoms with van der Waals surface area (Å²) in [6.45, 7) is 1.11. The Morgan fingerprint density at radius 1 is 1.41 bits per heavy atom. The molecule has 0 radical (unpaired) electrons. The summed E-state index contributed by atoms with van der Waals surface area (Å²) in [7, 11) is -3.97. The Kier molecular flexibility index (Phi) is 6.32. The highest BCUT2D eigenvalue weighted by Crippen LogP contribution is 2.32. The number of thiazole rings is 1. The highest BCUT2D eigenvalue weighted by molar-refractivity contribution is 8.03. The van der Waals surface area contributed by atoms with Crippen molar-refractivity contribution in [2.24, 2.45) is 0 Å². The van der Waals surface area contributed by atoms with Crippen LogP contribution in [0.3, 0.4) is 0 Å². The van der Waals surface area contributed by atoms with E-state index in [1.807, 2.05) is 12.1 Å². The lowest BCUT2D eigenvalue weighted by Crippen LogP contribution is -2.39. The van der Waals surface area contributed by atoms with Gasteiger partial charge < -0.3 is 10.0 Å². The Bertz CT molecular complexity index is 1000. The van der Waals surface area contributed by atoms with Gasteiger partial charge in [0.25, 0.3) is 15.1 Å². The molecule has 146 valence electrons. The molecular weight excluding hydrogens is 432 g/mol. The van der Waals surface area contributed by atoms with Crippen LogP contribution < -0.4 is 4.57 Å². The van der Waals surface area contributed by atoms with Gasteiger partial charge in [-0.15, -0.1) is 11.8 Å². The topological polar surface area (TPSA) is 98.8 Å². The molecule has 7 nitrogen and oxygen atoms in total. The molecule has 0 aliphatic carbocycles. The molecule has 3 rings (SSSR count). The minimum absolute atomic E-state index is 0.174. The zero-order valence-corrected chi connectivity index (χ0v) is 17.4. The van der Waals surface area contributed by atoms with Crippen LogP contribution in [0, 0.1) is 0 Å². The molecule has 11 heteroatoms. The normalized spacial score (nSPS) is 16.5. The molecule has 1 saturated heterocycles. The molecule has 1 aromatic carbocycles. The van der Waals surface area contributed by atoms with E-state index in [0.717, 1.165) is 32.6 Å². The number of carboxylic acids is 1. The van der Waals surface area contributed by atoms with Gasteiger partial charge in [-0.1, -0.05) is 22.9 Å². The van der Waals surface area contributed by atoms with Crippen LogP contribution >= 0.6 is 34.7 Å². The predicted molar refractivity (Wildman–Crippen MR) is 108 cm³/mol. The van der Waals surface area contributed by atoms with E-state index in [-0.39, 0.29) is 12.3 Å². The first kappa shape index (κ1) is 20.4. The lowest BCUT2D eigenvalue weighted by atomic mass is 10.3. The Labute approximate surface area is 170 Å². The van der Waals surface area contributed by atoms with Crippen molar-refractivity contribution < 1.29 is 27.4 Å². The van der Waals surface area contributed by atoms with E-state index in [1.54, 1.807) is 28.5 Å². The van der Waals surface area contributed by atoms with Gasteiger partial charge in [0, 0.05) is 29.9 Å². The first-order valence-electron chi connectivity index (χ1n) is 8.11. The number of carboxylic acid groups (broad SMARTS) is 1. The fraction of sp³-hybridized carbons (Fsp3) is 0.375. The first-order chi connectivity index (χ1) is 12.7. The fourth-order valence-electron chi connectivity index (χ4n) is 2.84. The van der Waals surface area contributed by atoms with Crippen LogP contribution in [0.25, 0.3) is 16.3 Å². The number of rotatable bonds is 7. The van der Waals surface area contributed by atoms with Crippen LogP contribution in [0.5, 0.6) is 0 Å². The maximum atomic E-state index is 11.3. The molecule has 1 aromatic heterocycles. The number of fused-ring (bicyclic) bond motifs is 1. The third kappa shape index (κ3) is 5.35. The van der Waals surface area contributed by atoms with Gasteiger partial charge in [0.15, 0.2) is 0 Å². The quantitative estimate of drug-likeness (QED) is 0.495. The Morgan fingerprint density at radius 3 is 2.89 bits per heavy atom. The average molecular weight is 450 g/mol. The van der Waals surface area contributed by atoms with E-state index in [9.17, 15) is 18.3 Å². The summed E-state index contributed by atoms with van der Waals surface area (Å²) < 4.78 is 33.3. The maximum Gasteiger partial charge on any atom is 0.370 e. The van der Waals surface area contributed by atoms with Crippen molar-refractivity contribution in [3.63, 3.8) is 0 Å². The largest absolute Gasteiger partial charge is 0.477 e. The number of nitrogens with zero attached hydrogens (tertiary/aromatic N) is 2. The second-order valence-corrected chi connectivity index (χ2v) is 10.2. The molecule has 27 heavy (non-hydrogen) atoms. The van der Waals surface area contributed by atoms with E-state index in [4.69, 9.17) is 16.2 Å². The monoisotopic (exact) mass is 449 g/mol. The molecule has 2 N–H and O–H groups in total. The van der Waals surface area contributed by atoms with Crippen molar-refractivity contribution in [1.29, 1.82) is 0 Å². The third-order valence-electron chi connectivity index (χ3n) is 3.99. The first-order valence-corrected chi connectivity index (χ1v) is 11.9. The Hall–Kier alpha value is -1.33. The molecule has 1 aliphatic rings. The SMILES string of the molecule is O=C(O)C[n+]1c(C=C2SCCN2CCCS(=O)(=O)O)sc2ccc(Cl)cc21. The van der Waals surface area contributed by atoms with Crippen LogP contribution in [0.1, 0.15) is 11.4 Å². The molecule has 0 unspecified atom stereocenters. The van der Waals surface area contributed by atoms with Crippen molar-refractivity contribution in [3.8, 4) is 0 Å². The van der Waals surface area contributed by atoms with E-state index < -0.39 is 16.1 Å². The maximum absolute atomic E-state index is 11.3. The number of hydrogen-bond acceptors (Lipinski definition) is 6. The summed E-state index contributed by atoms with van der Waals surface area (Å²) in [5.41, 5.74) is 0.766. The second kappa shape index (κ2) is 8.36. The van der Waals surface area contributed by atoms with Crippen molar-refractivity contribution in [1.82, 2.24) is 4.90 Å². The Balaban J connectivity index is 1.90. The van der Waals surface area contributed by atoms with Crippen LogP contribution in [-0.2, 0) is 21.5 Å². The molecule has 0 atom stereocenters. The van der Waals surface area contributed by atoms with Crippen LogP contribution in [0.4, 0.5) is 0 Å². The van der Waals surface area contributed by atoms with Crippen LogP contribution in [0.2, 0.25) is 5.02 Å². The minimum atomic E-state index is -3.97. The lowest BCUT2D eigenvalue weighted by Gasteiger charge is -2.17. The van der Waals surface area contributed by atoms with Gasteiger partial charge in [0.1, 0.15) is 4.70 Å². The van der Waals surface area contributed by atoms with Crippen molar-refractivity contribution in [2.75, 3.05) is 24.6 Å². The second-order valence-electron chi connectivity index (χ2n) is 5.99. The zero-order valence-electron chi connectivity index (χ0n) is 14.2. The molecule has 2 heterocycles. The Morgan fingerprint density at radius 2 is 2.19 bits per heavy atom. The molecular formula is C16H18ClN2O5S3+. The number of halogens is 1. The minimum Gasteiger partial charge on any atom is -0.477 e. The fourth-order valence-corrected chi connectivity index (χ4v) is 5.73. The van der Waals surface area contributed by atoms with Gasteiger partial charge >= 0.3 is 5.97 Å². The smallest absolute Gasteiger partial charge is 0.370 e. The average Bonchev–Trinajstić information content (AvgIpc) is 3.12.